The van der Waals surface area contributed by atoms with Crippen LogP contribution in [0.2, 0.25) is 6.82 Å². The summed E-state index contributed by atoms with van der Waals surface area (Å²) >= 11 is 0. The standard InChI is InChI=1S/C19H18BN/c1-20(18-10-3-2-4-11-18)19-12-6-5-9-17(19)14-16-8-7-13-21-15-16/h2-13,15H,14H2,1H3. The molecule has 102 valence electrons. The summed E-state index contributed by atoms with van der Waals surface area (Å²) in [7, 11) is 0. The molecule has 3 rings (SSSR count). The predicted molar refractivity (Wildman–Crippen MR) is 90.8 cm³/mol. The van der Waals surface area contributed by atoms with E-state index in [1.54, 1.807) is 0 Å². The van der Waals surface area contributed by atoms with E-state index >= 15 is 0 Å². The molecule has 0 N–H and O–H groups in total. The smallest absolute Gasteiger partial charge is 0.206 e. The molecule has 0 spiro atoms. The number of hydrogen-bond acceptors (Lipinski definition) is 1. The first-order valence-corrected chi connectivity index (χ1v) is 7.36. The number of aromatic nitrogens is 1. The average Bonchev–Trinajstić information content (AvgIpc) is 2.56. The highest BCUT2D eigenvalue weighted by molar-refractivity contribution is 6.84. The van der Waals surface area contributed by atoms with Gasteiger partial charge in [-0.05, 0) is 23.6 Å². The molecule has 0 aliphatic heterocycles. The van der Waals surface area contributed by atoms with Gasteiger partial charge in [0.1, 0.15) is 0 Å². The van der Waals surface area contributed by atoms with Crippen LogP contribution >= 0.6 is 0 Å². The largest absolute Gasteiger partial charge is 0.264 e. The first-order valence-electron chi connectivity index (χ1n) is 7.36. The van der Waals surface area contributed by atoms with Gasteiger partial charge in [-0.15, -0.1) is 0 Å². The molecular formula is C19H18BN. The van der Waals surface area contributed by atoms with E-state index in [2.05, 4.69) is 72.5 Å². The molecule has 2 aromatic carbocycles. The Bertz CT molecular complexity index is 695. The summed E-state index contributed by atoms with van der Waals surface area (Å²) in [6.07, 6.45) is 4.70. The zero-order valence-electron chi connectivity index (χ0n) is 12.2. The molecule has 2 heteroatoms. The second kappa shape index (κ2) is 6.40. The van der Waals surface area contributed by atoms with Crippen molar-refractivity contribution < 1.29 is 0 Å². The molecule has 0 bridgehead atoms. The fourth-order valence-corrected chi connectivity index (χ4v) is 2.76. The van der Waals surface area contributed by atoms with E-state index in [1.165, 1.54) is 22.1 Å². The molecule has 0 aliphatic carbocycles. The zero-order valence-corrected chi connectivity index (χ0v) is 12.2. The lowest BCUT2D eigenvalue weighted by Crippen LogP contribution is -2.41. The Labute approximate surface area is 126 Å². The topological polar surface area (TPSA) is 12.9 Å². The number of benzene rings is 2. The van der Waals surface area contributed by atoms with E-state index in [4.69, 9.17) is 0 Å². The normalized spacial score (nSPS) is 10.3. The van der Waals surface area contributed by atoms with E-state index in [1.807, 2.05) is 18.5 Å². The van der Waals surface area contributed by atoms with E-state index in [0.717, 1.165) is 6.42 Å². The molecule has 0 aliphatic rings. The Balaban J connectivity index is 1.93. The van der Waals surface area contributed by atoms with Crippen molar-refractivity contribution in [1.29, 1.82) is 0 Å². The molecule has 1 heterocycles. The van der Waals surface area contributed by atoms with Gasteiger partial charge in [0.15, 0.2) is 0 Å². The molecule has 0 radical (unpaired) electrons. The highest BCUT2D eigenvalue weighted by Crippen LogP contribution is 2.07. The minimum atomic E-state index is 0.402. The minimum Gasteiger partial charge on any atom is -0.264 e. The van der Waals surface area contributed by atoms with Crippen LogP contribution in [0.4, 0.5) is 0 Å². The monoisotopic (exact) mass is 271 g/mol. The molecule has 0 atom stereocenters. The fourth-order valence-electron chi connectivity index (χ4n) is 2.76. The van der Waals surface area contributed by atoms with Gasteiger partial charge in [0.2, 0.25) is 6.71 Å². The highest BCUT2D eigenvalue weighted by Gasteiger charge is 2.15. The van der Waals surface area contributed by atoms with Crippen LogP contribution in [0.15, 0.2) is 79.1 Å². The Morgan fingerprint density at radius 2 is 1.62 bits per heavy atom. The van der Waals surface area contributed by atoms with Crippen LogP contribution in [0.25, 0.3) is 0 Å². The van der Waals surface area contributed by atoms with E-state index in [9.17, 15) is 0 Å². The maximum atomic E-state index is 4.21. The molecule has 3 aromatic rings. The molecule has 0 amide bonds. The van der Waals surface area contributed by atoms with Gasteiger partial charge in [0.05, 0.1) is 0 Å². The quantitative estimate of drug-likeness (QED) is 0.665. The molecular weight excluding hydrogens is 253 g/mol. The molecule has 1 aromatic heterocycles. The van der Waals surface area contributed by atoms with Crippen LogP contribution in [-0.4, -0.2) is 11.7 Å². The van der Waals surface area contributed by atoms with Crippen LogP contribution in [0, 0.1) is 0 Å². The molecule has 0 unspecified atom stereocenters. The van der Waals surface area contributed by atoms with Crippen molar-refractivity contribution in [3.05, 3.63) is 90.3 Å². The molecule has 1 nitrogen and oxygen atoms in total. The SMILES string of the molecule is CB(c1ccccc1)c1ccccc1Cc1cccnc1. The van der Waals surface area contributed by atoms with Crippen molar-refractivity contribution in [1.82, 2.24) is 4.98 Å². The summed E-state index contributed by atoms with van der Waals surface area (Å²) in [6, 6.07) is 23.5. The number of pyridine rings is 1. The Morgan fingerprint density at radius 1 is 0.857 bits per heavy atom. The summed E-state index contributed by atoms with van der Waals surface area (Å²) in [5, 5.41) is 0. The lowest BCUT2D eigenvalue weighted by atomic mass is 9.41. The van der Waals surface area contributed by atoms with Crippen molar-refractivity contribution in [2.45, 2.75) is 13.2 Å². The molecule has 0 fully saturated rings. The summed E-state index contributed by atoms with van der Waals surface area (Å²) in [4.78, 5) is 4.21. The zero-order chi connectivity index (χ0) is 14.5. The van der Waals surface area contributed by atoms with Gasteiger partial charge in [-0.3, -0.25) is 4.98 Å². The Kier molecular flexibility index (Phi) is 4.16. The maximum absolute atomic E-state index is 4.21. The minimum absolute atomic E-state index is 0.402. The van der Waals surface area contributed by atoms with E-state index in [-0.39, 0.29) is 0 Å². The predicted octanol–water partition coefficient (Wildman–Crippen LogP) is 2.91. The van der Waals surface area contributed by atoms with Crippen molar-refractivity contribution in [2.75, 3.05) is 0 Å². The van der Waals surface area contributed by atoms with Crippen molar-refractivity contribution >= 4 is 17.6 Å². The molecule has 0 saturated heterocycles. The van der Waals surface area contributed by atoms with Crippen LogP contribution in [-0.2, 0) is 6.42 Å². The summed E-state index contributed by atoms with van der Waals surface area (Å²) in [5.41, 5.74) is 5.38. The molecule has 0 saturated carbocycles. The van der Waals surface area contributed by atoms with E-state index < -0.39 is 0 Å². The van der Waals surface area contributed by atoms with Gasteiger partial charge in [0.25, 0.3) is 0 Å². The van der Waals surface area contributed by atoms with Crippen LogP contribution < -0.4 is 10.9 Å². The number of hydrogen-bond donors (Lipinski definition) is 0. The third-order valence-corrected chi connectivity index (χ3v) is 3.94. The Morgan fingerprint density at radius 3 is 2.38 bits per heavy atom. The maximum Gasteiger partial charge on any atom is 0.206 e. The Hall–Kier alpha value is -2.35. The summed E-state index contributed by atoms with van der Waals surface area (Å²) in [6.45, 7) is 2.68. The van der Waals surface area contributed by atoms with Crippen molar-refractivity contribution in [2.24, 2.45) is 0 Å². The average molecular weight is 271 g/mol. The van der Waals surface area contributed by atoms with Gasteiger partial charge < -0.3 is 0 Å². The van der Waals surface area contributed by atoms with Crippen molar-refractivity contribution in [3.63, 3.8) is 0 Å². The first kappa shape index (κ1) is 13.6. The van der Waals surface area contributed by atoms with Crippen LogP contribution in [0.3, 0.4) is 0 Å². The lowest BCUT2D eigenvalue weighted by molar-refractivity contribution is 1.15. The highest BCUT2D eigenvalue weighted by atomic mass is 14.6. The second-order valence-corrected chi connectivity index (χ2v) is 5.37. The van der Waals surface area contributed by atoms with Gasteiger partial charge in [0, 0.05) is 12.4 Å². The van der Waals surface area contributed by atoms with Crippen LogP contribution in [0.1, 0.15) is 11.1 Å². The fraction of sp³-hybridized carbons (Fsp3) is 0.105. The third kappa shape index (κ3) is 3.22. The van der Waals surface area contributed by atoms with E-state index in [0.29, 0.717) is 6.71 Å². The summed E-state index contributed by atoms with van der Waals surface area (Å²) in [5.74, 6) is 0. The lowest BCUT2D eigenvalue weighted by Gasteiger charge is -2.14. The summed E-state index contributed by atoms with van der Waals surface area (Å²) < 4.78 is 0. The van der Waals surface area contributed by atoms with Crippen LogP contribution in [0.5, 0.6) is 0 Å². The van der Waals surface area contributed by atoms with Gasteiger partial charge in [-0.2, -0.15) is 0 Å². The number of rotatable bonds is 4. The first-order chi connectivity index (χ1) is 10.3. The van der Waals surface area contributed by atoms with Gasteiger partial charge >= 0.3 is 0 Å². The molecule has 21 heavy (non-hydrogen) atoms. The van der Waals surface area contributed by atoms with Gasteiger partial charge in [-0.1, -0.05) is 78.4 Å². The third-order valence-electron chi connectivity index (χ3n) is 3.94. The van der Waals surface area contributed by atoms with Gasteiger partial charge in [-0.25, -0.2) is 0 Å². The van der Waals surface area contributed by atoms with Crippen molar-refractivity contribution in [3.8, 4) is 0 Å². The second-order valence-electron chi connectivity index (χ2n) is 5.37. The number of nitrogens with zero attached hydrogens (tertiary/aromatic N) is 1.